The second kappa shape index (κ2) is 7.93. The van der Waals surface area contributed by atoms with Crippen LogP contribution in [0.3, 0.4) is 0 Å². The molecule has 1 unspecified atom stereocenters. The number of carboxylic acids is 1. The number of amides is 1. The van der Waals surface area contributed by atoms with E-state index in [4.69, 9.17) is 9.84 Å². The van der Waals surface area contributed by atoms with E-state index in [1.54, 1.807) is 42.6 Å². The van der Waals surface area contributed by atoms with Crippen LogP contribution in [0.25, 0.3) is 0 Å². The lowest BCUT2D eigenvalue weighted by Crippen LogP contribution is -2.30. The van der Waals surface area contributed by atoms with Crippen LogP contribution in [-0.2, 0) is 4.79 Å². The molecule has 1 aromatic heterocycles. The number of aliphatic carboxylic acids is 1. The minimum Gasteiger partial charge on any atom is -0.494 e. The summed E-state index contributed by atoms with van der Waals surface area (Å²) in [5.74, 6) is -0.655. The van der Waals surface area contributed by atoms with Gasteiger partial charge in [0.1, 0.15) is 5.75 Å². The van der Waals surface area contributed by atoms with Gasteiger partial charge in [0, 0.05) is 12.4 Å². The van der Waals surface area contributed by atoms with Crippen molar-refractivity contribution in [2.24, 2.45) is 0 Å². The van der Waals surface area contributed by atoms with E-state index >= 15 is 0 Å². The quantitative estimate of drug-likeness (QED) is 0.819. The Balaban J connectivity index is 2.16. The molecule has 2 aromatic rings. The van der Waals surface area contributed by atoms with Gasteiger partial charge in [-0.3, -0.25) is 14.6 Å². The fourth-order valence-corrected chi connectivity index (χ4v) is 2.13. The van der Waals surface area contributed by atoms with Gasteiger partial charge in [-0.2, -0.15) is 0 Å². The Morgan fingerprint density at radius 3 is 2.57 bits per heavy atom. The molecule has 0 bridgehead atoms. The van der Waals surface area contributed by atoms with Crippen molar-refractivity contribution in [3.63, 3.8) is 0 Å². The van der Waals surface area contributed by atoms with Crippen molar-refractivity contribution in [1.82, 2.24) is 10.3 Å². The Bertz CT molecular complexity index is 656. The highest BCUT2D eigenvalue weighted by Crippen LogP contribution is 2.21. The van der Waals surface area contributed by atoms with E-state index in [1.165, 1.54) is 6.20 Å². The number of nitrogens with zero attached hydrogens (tertiary/aromatic N) is 1. The van der Waals surface area contributed by atoms with E-state index in [2.05, 4.69) is 10.3 Å². The lowest BCUT2D eigenvalue weighted by Gasteiger charge is -2.18. The third-order valence-electron chi connectivity index (χ3n) is 3.20. The van der Waals surface area contributed by atoms with E-state index in [0.717, 1.165) is 0 Å². The van der Waals surface area contributed by atoms with Crippen molar-refractivity contribution < 1.29 is 19.4 Å². The largest absolute Gasteiger partial charge is 0.494 e. The molecule has 0 aliphatic heterocycles. The first kappa shape index (κ1) is 16.5. The highest BCUT2D eigenvalue weighted by molar-refractivity contribution is 5.94. The zero-order valence-corrected chi connectivity index (χ0v) is 12.7. The Labute approximate surface area is 134 Å². The van der Waals surface area contributed by atoms with Gasteiger partial charge in [-0.05, 0) is 36.8 Å². The number of carboxylic acid groups (broad SMARTS) is 1. The van der Waals surface area contributed by atoms with Gasteiger partial charge in [-0.1, -0.05) is 12.1 Å². The molecule has 1 heterocycles. The summed E-state index contributed by atoms with van der Waals surface area (Å²) in [6.45, 7) is 2.44. The summed E-state index contributed by atoms with van der Waals surface area (Å²) < 4.78 is 5.36. The Hall–Kier alpha value is -2.89. The first-order valence-electron chi connectivity index (χ1n) is 7.25. The standard InChI is InChI=1S/C17H18N2O4/c1-2-23-14-7-5-12(6-8-14)15(10-16(20)21)19-17(22)13-4-3-9-18-11-13/h3-9,11,15H,2,10H2,1H3,(H,19,22)(H,20,21). The van der Waals surface area contributed by atoms with Crippen molar-refractivity contribution >= 4 is 11.9 Å². The number of carbonyl (C=O) groups excluding carboxylic acids is 1. The van der Waals surface area contributed by atoms with E-state index in [9.17, 15) is 9.59 Å². The minimum atomic E-state index is -0.990. The zero-order valence-electron chi connectivity index (χ0n) is 12.7. The molecule has 2 N–H and O–H groups in total. The van der Waals surface area contributed by atoms with Crippen LogP contribution in [0.2, 0.25) is 0 Å². The predicted octanol–water partition coefficient (Wildman–Crippen LogP) is 2.43. The Kier molecular flexibility index (Phi) is 5.68. The van der Waals surface area contributed by atoms with Crippen LogP contribution < -0.4 is 10.1 Å². The summed E-state index contributed by atoms with van der Waals surface area (Å²) >= 11 is 0. The van der Waals surface area contributed by atoms with E-state index in [0.29, 0.717) is 23.5 Å². The number of aromatic nitrogens is 1. The summed E-state index contributed by atoms with van der Waals surface area (Å²) in [6.07, 6.45) is 2.79. The van der Waals surface area contributed by atoms with Gasteiger partial charge in [0.15, 0.2) is 0 Å². The molecule has 0 radical (unpaired) electrons. The molecule has 0 aliphatic rings. The SMILES string of the molecule is CCOc1ccc(C(CC(=O)O)NC(=O)c2cccnc2)cc1. The zero-order chi connectivity index (χ0) is 16.7. The predicted molar refractivity (Wildman–Crippen MR) is 84.3 cm³/mol. The maximum Gasteiger partial charge on any atom is 0.305 e. The normalized spacial score (nSPS) is 11.5. The molecule has 6 heteroatoms. The molecule has 0 saturated heterocycles. The van der Waals surface area contributed by atoms with Crippen LogP contribution >= 0.6 is 0 Å². The number of ether oxygens (including phenoxy) is 1. The Morgan fingerprint density at radius 2 is 2.00 bits per heavy atom. The molecular formula is C17H18N2O4. The van der Waals surface area contributed by atoms with Gasteiger partial charge in [-0.25, -0.2) is 0 Å². The highest BCUT2D eigenvalue weighted by atomic mass is 16.5. The fourth-order valence-electron chi connectivity index (χ4n) is 2.13. The fraction of sp³-hybridized carbons (Fsp3) is 0.235. The van der Waals surface area contributed by atoms with Gasteiger partial charge < -0.3 is 15.2 Å². The Morgan fingerprint density at radius 1 is 1.26 bits per heavy atom. The minimum absolute atomic E-state index is 0.208. The number of carbonyl (C=O) groups is 2. The van der Waals surface area contributed by atoms with Crippen molar-refractivity contribution in [3.8, 4) is 5.75 Å². The van der Waals surface area contributed by atoms with Crippen LogP contribution in [0.15, 0.2) is 48.8 Å². The molecule has 120 valence electrons. The maximum absolute atomic E-state index is 12.2. The maximum atomic E-state index is 12.2. The topological polar surface area (TPSA) is 88.5 Å². The van der Waals surface area contributed by atoms with Crippen LogP contribution in [0.1, 0.15) is 35.3 Å². The second-order valence-electron chi connectivity index (χ2n) is 4.87. The summed E-state index contributed by atoms with van der Waals surface area (Å²) in [4.78, 5) is 27.2. The third kappa shape index (κ3) is 4.81. The van der Waals surface area contributed by atoms with Gasteiger partial charge in [0.2, 0.25) is 0 Å². The van der Waals surface area contributed by atoms with Crippen molar-refractivity contribution in [2.75, 3.05) is 6.61 Å². The van der Waals surface area contributed by atoms with Gasteiger partial charge in [0.05, 0.1) is 24.6 Å². The average molecular weight is 314 g/mol. The molecule has 2 rings (SSSR count). The molecule has 1 atom stereocenters. The van der Waals surface area contributed by atoms with Crippen LogP contribution in [0, 0.1) is 0 Å². The van der Waals surface area contributed by atoms with Gasteiger partial charge in [0.25, 0.3) is 5.91 Å². The number of pyridine rings is 1. The molecule has 0 spiro atoms. The van der Waals surface area contributed by atoms with E-state index < -0.39 is 12.0 Å². The number of benzene rings is 1. The van der Waals surface area contributed by atoms with Crippen LogP contribution in [0.4, 0.5) is 0 Å². The van der Waals surface area contributed by atoms with Crippen molar-refractivity contribution in [2.45, 2.75) is 19.4 Å². The summed E-state index contributed by atoms with van der Waals surface area (Å²) in [5.41, 5.74) is 1.09. The van der Waals surface area contributed by atoms with Crippen LogP contribution in [-0.4, -0.2) is 28.6 Å². The number of hydrogen-bond acceptors (Lipinski definition) is 4. The first-order chi connectivity index (χ1) is 11.1. The number of nitrogens with one attached hydrogen (secondary N) is 1. The van der Waals surface area contributed by atoms with Crippen molar-refractivity contribution in [3.05, 3.63) is 59.9 Å². The highest BCUT2D eigenvalue weighted by Gasteiger charge is 2.19. The lowest BCUT2D eigenvalue weighted by molar-refractivity contribution is -0.137. The summed E-state index contributed by atoms with van der Waals surface area (Å²) in [7, 11) is 0. The van der Waals surface area contributed by atoms with Gasteiger partial charge in [-0.15, -0.1) is 0 Å². The first-order valence-corrected chi connectivity index (χ1v) is 7.25. The van der Waals surface area contributed by atoms with E-state index in [1.807, 2.05) is 6.92 Å². The summed E-state index contributed by atoms with van der Waals surface area (Å²) in [5, 5.41) is 11.8. The molecular weight excluding hydrogens is 296 g/mol. The molecule has 0 saturated carbocycles. The smallest absolute Gasteiger partial charge is 0.305 e. The third-order valence-corrected chi connectivity index (χ3v) is 3.20. The molecule has 23 heavy (non-hydrogen) atoms. The molecule has 1 aromatic carbocycles. The van der Waals surface area contributed by atoms with Crippen LogP contribution in [0.5, 0.6) is 5.75 Å². The van der Waals surface area contributed by atoms with Crippen molar-refractivity contribution in [1.29, 1.82) is 0 Å². The number of hydrogen-bond donors (Lipinski definition) is 2. The van der Waals surface area contributed by atoms with Gasteiger partial charge >= 0.3 is 5.97 Å². The average Bonchev–Trinajstić information content (AvgIpc) is 2.55. The molecule has 0 fully saturated rings. The molecule has 6 nitrogen and oxygen atoms in total. The van der Waals surface area contributed by atoms with E-state index in [-0.39, 0.29) is 12.3 Å². The monoisotopic (exact) mass is 314 g/mol. The number of rotatable bonds is 7. The molecule has 1 amide bonds. The second-order valence-corrected chi connectivity index (χ2v) is 4.87. The summed E-state index contributed by atoms with van der Waals surface area (Å²) in [6, 6.07) is 9.66. The molecule has 0 aliphatic carbocycles. The lowest BCUT2D eigenvalue weighted by atomic mass is 10.0.